The van der Waals surface area contributed by atoms with Gasteiger partial charge in [0, 0.05) is 38.3 Å². The third-order valence-electron chi connectivity index (χ3n) is 8.25. The normalized spacial score (nSPS) is 27.8. The largest absolute Gasteiger partial charge is 0.478 e. The lowest BCUT2D eigenvalue weighted by atomic mass is 9.65. The number of hydrogen-bond acceptors (Lipinski definition) is 3. The molecule has 176 valence electrons. The van der Waals surface area contributed by atoms with Gasteiger partial charge in [-0.25, -0.2) is 4.79 Å². The second kappa shape index (κ2) is 9.36. The fourth-order valence-electron chi connectivity index (χ4n) is 6.06. The highest BCUT2D eigenvalue weighted by atomic mass is 16.4. The molecule has 4 nitrogen and oxygen atoms in total. The number of carboxylic acids is 1. The Morgan fingerprint density at radius 3 is 2.35 bits per heavy atom. The topological polar surface area (TPSA) is 43.8 Å². The van der Waals surface area contributed by atoms with E-state index < -0.39 is 5.97 Å². The summed E-state index contributed by atoms with van der Waals surface area (Å²) in [5.41, 5.74) is 4.21. The Morgan fingerprint density at radius 1 is 0.941 bits per heavy atom. The number of piperidine rings is 1. The van der Waals surface area contributed by atoms with Gasteiger partial charge in [-0.1, -0.05) is 86.6 Å². The van der Waals surface area contributed by atoms with Gasteiger partial charge < -0.3 is 5.11 Å². The lowest BCUT2D eigenvalue weighted by Gasteiger charge is -2.55. The summed E-state index contributed by atoms with van der Waals surface area (Å²) in [5, 5.41) is 9.54. The molecule has 4 unspecified atom stereocenters. The van der Waals surface area contributed by atoms with Crippen LogP contribution in [0.4, 0.5) is 0 Å². The molecular formula is C30H34N2O2. The van der Waals surface area contributed by atoms with Gasteiger partial charge in [0.2, 0.25) is 0 Å². The van der Waals surface area contributed by atoms with Crippen LogP contribution < -0.4 is 0 Å². The van der Waals surface area contributed by atoms with Crippen molar-refractivity contribution in [2.24, 2.45) is 5.92 Å². The Morgan fingerprint density at radius 2 is 1.65 bits per heavy atom. The predicted molar refractivity (Wildman–Crippen MR) is 136 cm³/mol. The van der Waals surface area contributed by atoms with E-state index in [1.165, 1.54) is 11.1 Å². The summed E-state index contributed by atoms with van der Waals surface area (Å²) in [4.78, 5) is 17.0. The zero-order valence-electron chi connectivity index (χ0n) is 20.1. The first-order chi connectivity index (χ1) is 16.4. The number of carbonyl (C=O) groups is 1. The fraction of sp³-hybridized carbons (Fsp3) is 0.367. The molecule has 0 radical (unpaired) electrons. The van der Waals surface area contributed by atoms with Crippen LogP contribution in [-0.4, -0.2) is 46.6 Å². The summed E-state index contributed by atoms with van der Waals surface area (Å²) < 4.78 is 0. The van der Waals surface area contributed by atoms with E-state index in [2.05, 4.69) is 90.4 Å². The van der Waals surface area contributed by atoms with Crippen molar-refractivity contribution in [3.63, 3.8) is 0 Å². The minimum Gasteiger partial charge on any atom is -0.478 e. The van der Waals surface area contributed by atoms with Gasteiger partial charge in [0.15, 0.2) is 0 Å². The molecule has 3 aromatic rings. The number of rotatable bonds is 5. The average molecular weight is 455 g/mol. The lowest BCUT2D eigenvalue weighted by molar-refractivity contribution is -0.0351. The third-order valence-corrected chi connectivity index (χ3v) is 8.25. The van der Waals surface area contributed by atoms with E-state index in [0.717, 1.165) is 38.2 Å². The number of nitrogens with zero attached hydrogens (tertiary/aromatic N) is 2. The minimum atomic E-state index is -0.854. The van der Waals surface area contributed by atoms with Crippen LogP contribution in [0.15, 0.2) is 84.9 Å². The second-order valence-corrected chi connectivity index (χ2v) is 10.4. The van der Waals surface area contributed by atoms with Crippen LogP contribution in [-0.2, 0) is 12.0 Å². The summed E-state index contributed by atoms with van der Waals surface area (Å²) >= 11 is 0. The highest BCUT2D eigenvalue weighted by molar-refractivity contribution is 5.87. The van der Waals surface area contributed by atoms with Gasteiger partial charge in [-0.15, -0.1) is 0 Å². The first-order valence-corrected chi connectivity index (χ1v) is 12.3. The van der Waals surface area contributed by atoms with E-state index in [4.69, 9.17) is 0 Å². The number of piperazine rings is 1. The first-order valence-electron chi connectivity index (χ1n) is 12.3. The third kappa shape index (κ3) is 4.40. The Balaban J connectivity index is 1.44. The molecule has 0 amide bonds. The molecule has 2 fully saturated rings. The van der Waals surface area contributed by atoms with E-state index in [0.29, 0.717) is 23.6 Å². The van der Waals surface area contributed by atoms with Crippen LogP contribution in [0.2, 0.25) is 0 Å². The molecular weight excluding hydrogens is 420 g/mol. The second-order valence-electron chi connectivity index (χ2n) is 10.4. The molecule has 3 aromatic carbocycles. The van der Waals surface area contributed by atoms with Gasteiger partial charge >= 0.3 is 5.97 Å². The van der Waals surface area contributed by atoms with Gasteiger partial charge in [-0.05, 0) is 46.6 Å². The number of hydrogen-bond donors (Lipinski definition) is 1. The van der Waals surface area contributed by atoms with Crippen molar-refractivity contribution >= 4 is 5.97 Å². The quantitative estimate of drug-likeness (QED) is 0.544. The van der Waals surface area contributed by atoms with Crippen molar-refractivity contribution in [2.45, 2.75) is 44.3 Å². The number of carboxylic acid groups (broad SMARTS) is 1. The van der Waals surface area contributed by atoms with Crippen LogP contribution in [0.3, 0.4) is 0 Å². The summed E-state index contributed by atoms with van der Waals surface area (Å²) in [5.74, 6) is -0.419. The highest BCUT2D eigenvalue weighted by Gasteiger charge is 2.46. The Hall–Kier alpha value is -2.95. The maximum atomic E-state index is 11.6. The number of fused-ring (bicyclic) bond motifs is 1. The molecule has 4 heteroatoms. The average Bonchev–Trinajstić information content (AvgIpc) is 2.86. The molecule has 2 saturated heterocycles. The van der Waals surface area contributed by atoms with Gasteiger partial charge in [0.05, 0.1) is 5.56 Å². The molecule has 0 spiro atoms. The maximum absolute atomic E-state index is 11.6. The molecule has 34 heavy (non-hydrogen) atoms. The van der Waals surface area contributed by atoms with Gasteiger partial charge in [0.25, 0.3) is 0 Å². The maximum Gasteiger partial charge on any atom is 0.335 e. The molecule has 5 rings (SSSR count). The Kier molecular flexibility index (Phi) is 6.28. The van der Waals surface area contributed by atoms with Crippen LogP contribution in [0.5, 0.6) is 0 Å². The molecule has 2 aliphatic rings. The van der Waals surface area contributed by atoms with Gasteiger partial charge in [0.1, 0.15) is 0 Å². The molecule has 0 saturated carbocycles. The number of aromatic carboxylic acids is 1. The van der Waals surface area contributed by atoms with Gasteiger partial charge in [-0.3, -0.25) is 9.80 Å². The predicted octanol–water partition coefficient (Wildman–Crippen LogP) is 5.61. The van der Waals surface area contributed by atoms with E-state index in [1.54, 1.807) is 6.07 Å². The minimum absolute atomic E-state index is 0.0510. The SMILES string of the molecule is CC1CN2CC(c3ccccc3)N(Cc3ccccc3)CC2CC1(C)c1cccc(C(=O)O)c1. The summed E-state index contributed by atoms with van der Waals surface area (Å²) in [7, 11) is 0. The zero-order valence-corrected chi connectivity index (χ0v) is 20.1. The highest BCUT2D eigenvalue weighted by Crippen LogP contribution is 2.45. The van der Waals surface area contributed by atoms with E-state index in [1.807, 2.05) is 12.1 Å². The fourth-order valence-corrected chi connectivity index (χ4v) is 6.06. The standard InChI is InChI=1S/C30H34N2O2/c1-22-18-31-21-28(24-12-7-4-8-13-24)32(19-23-10-5-3-6-11-23)20-27(31)17-30(22,2)26-15-9-14-25(16-26)29(33)34/h3-16,22,27-28H,17-21H2,1-2H3,(H,33,34). The summed E-state index contributed by atoms with van der Waals surface area (Å²) in [6.07, 6.45) is 1.03. The molecule has 1 N–H and O–H groups in total. The molecule has 2 heterocycles. The monoisotopic (exact) mass is 454 g/mol. The zero-order chi connectivity index (χ0) is 23.7. The molecule has 4 atom stereocenters. The molecule has 0 bridgehead atoms. The van der Waals surface area contributed by atoms with E-state index >= 15 is 0 Å². The van der Waals surface area contributed by atoms with E-state index in [9.17, 15) is 9.90 Å². The van der Waals surface area contributed by atoms with Crippen molar-refractivity contribution in [3.05, 3.63) is 107 Å². The Labute approximate surface area is 202 Å². The van der Waals surface area contributed by atoms with Gasteiger partial charge in [-0.2, -0.15) is 0 Å². The van der Waals surface area contributed by atoms with Crippen LogP contribution in [0, 0.1) is 5.92 Å². The first kappa shape index (κ1) is 22.8. The molecule has 0 aliphatic carbocycles. The van der Waals surface area contributed by atoms with Crippen LogP contribution in [0.25, 0.3) is 0 Å². The summed E-state index contributed by atoms with van der Waals surface area (Å²) in [6.45, 7) is 8.66. The molecule has 2 aliphatic heterocycles. The van der Waals surface area contributed by atoms with Crippen LogP contribution >= 0.6 is 0 Å². The van der Waals surface area contributed by atoms with Crippen LogP contribution in [0.1, 0.15) is 53.4 Å². The lowest BCUT2D eigenvalue weighted by Crippen LogP contribution is -2.61. The molecule has 0 aromatic heterocycles. The number of benzene rings is 3. The van der Waals surface area contributed by atoms with Crippen molar-refractivity contribution in [3.8, 4) is 0 Å². The smallest absolute Gasteiger partial charge is 0.335 e. The summed E-state index contributed by atoms with van der Waals surface area (Å²) in [6, 6.07) is 30.1. The van der Waals surface area contributed by atoms with Crippen molar-refractivity contribution in [1.29, 1.82) is 0 Å². The van der Waals surface area contributed by atoms with Crippen molar-refractivity contribution in [2.75, 3.05) is 19.6 Å². The van der Waals surface area contributed by atoms with Crippen molar-refractivity contribution in [1.82, 2.24) is 9.80 Å². The van der Waals surface area contributed by atoms with Crippen molar-refractivity contribution < 1.29 is 9.90 Å². The van der Waals surface area contributed by atoms with E-state index in [-0.39, 0.29) is 5.41 Å². The Bertz CT molecular complexity index is 1130.